The third-order valence-corrected chi connectivity index (χ3v) is 4.84. The summed E-state index contributed by atoms with van der Waals surface area (Å²) >= 11 is 0. The van der Waals surface area contributed by atoms with Crippen LogP contribution in [0, 0.1) is 12.8 Å². The third kappa shape index (κ3) is 5.76. The fourth-order valence-electron chi connectivity index (χ4n) is 3.58. The van der Waals surface area contributed by atoms with E-state index in [9.17, 15) is 18.0 Å². The molecule has 2 fully saturated rings. The summed E-state index contributed by atoms with van der Waals surface area (Å²) in [7, 11) is 0. The number of nitrogens with one attached hydrogen (secondary N) is 2. The number of amides is 1. The summed E-state index contributed by atoms with van der Waals surface area (Å²) in [5, 5.41) is 6.19. The Morgan fingerprint density at radius 3 is 2.89 bits per heavy atom. The minimum Gasteiger partial charge on any atom is -0.375 e. The zero-order valence-electron chi connectivity index (χ0n) is 15.0. The average molecular weight is 409 g/mol. The van der Waals surface area contributed by atoms with Crippen molar-refractivity contribution < 1.29 is 22.7 Å². The Hall–Kier alpha value is -1.45. The minimum absolute atomic E-state index is 0. The Labute approximate surface area is 162 Å². The lowest BCUT2D eigenvalue weighted by atomic mass is 9.82. The van der Waals surface area contributed by atoms with Crippen LogP contribution in [0.5, 0.6) is 0 Å². The fourth-order valence-corrected chi connectivity index (χ4v) is 3.58. The minimum atomic E-state index is -4.50. The third-order valence-electron chi connectivity index (χ3n) is 4.84. The molecule has 2 aliphatic rings. The van der Waals surface area contributed by atoms with Crippen LogP contribution in [-0.4, -0.2) is 47.7 Å². The molecule has 1 saturated carbocycles. The second-order valence-corrected chi connectivity index (χ2v) is 6.83. The van der Waals surface area contributed by atoms with E-state index in [4.69, 9.17) is 4.74 Å². The van der Waals surface area contributed by atoms with E-state index in [1.54, 1.807) is 0 Å². The standard InChI is InChI=1S/C17H23F3N4O2.ClH/c1-10-8-14(17(18,19)20)24-15(23-10)4-5-22-16(25)11-2-3-13-12(9-11)21-6-7-26-13;/h8,11-13,21H,2-7,9H2,1H3,(H,22,25);1H/t11-,12+,13+;/m0./s1. The van der Waals surface area contributed by atoms with Gasteiger partial charge in [0.1, 0.15) is 11.5 Å². The Kier molecular flexibility index (Phi) is 7.41. The van der Waals surface area contributed by atoms with Gasteiger partial charge in [0.25, 0.3) is 0 Å². The fraction of sp³-hybridized carbons (Fsp3) is 0.706. The summed E-state index contributed by atoms with van der Waals surface area (Å²) in [4.78, 5) is 19.9. The van der Waals surface area contributed by atoms with Crippen molar-refractivity contribution >= 4 is 18.3 Å². The van der Waals surface area contributed by atoms with E-state index >= 15 is 0 Å². The van der Waals surface area contributed by atoms with Gasteiger partial charge >= 0.3 is 6.18 Å². The quantitative estimate of drug-likeness (QED) is 0.797. The molecule has 6 nitrogen and oxygen atoms in total. The SMILES string of the molecule is Cc1cc(C(F)(F)F)nc(CCNC(=O)[C@H]2CC[C@H]3OCCN[C@@H]3C2)n1.Cl. The number of halogens is 4. The molecule has 2 heterocycles. The number of carbonyl (C=O) groups excluding carboxylic acids is 1. The van der Waals surface area contributed by atoms with Crippen LogP contribution in [-0.2, 0) is 22.1 Å². The highest BCUT2D eigenvalue weighted by Crippen LogP contribution is 2.29. The molecular weight excluding hydrogens is 385 g/mol. The molecular formula is C17H24ClF3N4O2. The predicted octanol–water partition coefficient (Wildman–Crippen LogP) is 2.04. The van der Waals surface area contributed by atoms with Crippen LogP contribution < -0.4 is 10.6 Å². The Bertz CT molecular complexity index is 660. The highest BCUT2D eigenvalue weighted by molar-refractivity contribution is 5.85. The summed E-state index contributed by atoms with van der Waals surface area (Å²) in [6.07, 6.45) is -1.85. The van der Waals surface area contributed by atoms with Crippen LogP contribution in [0.2, 0.25) is 0 Å². The monoisotopic (exact) mass is 408 g/mol. The largest absolute Gasteiger partial charge is 0.433 e. The maximum atomic E-state index is 12.8. The van der Waals surface area contributed by atoms with Gasteiger partial charge in [0.2, 0.25) is 5.91 Å². The number of aryl methyl sites for hydroxylation is 1. The molecule has 0 aromatic carbocycles. The number of alkyl halides is 3. The van der Waals surface area contributed by atoms with Gasteiger partial charge in [-0.05, 0) is 32.3 Å². The molecule has 3 atom stereocenters. The number of carbonyl (C=O) groups is 1. The lowest BCUT2D eigenvalue weighted by Gasteiger charge is -2.39. The van der Waals surface area contributed by atoms with Gasteiger partial charge in [-0.3, -0.25) is 4.79 Å². The van der Waals surface area contributed by atoms with Crippen molar-refractivity contribution in [2.24, 2.45) is 5.92 Å². The number of hydrogen-bond donors (Lipinski definition) is 2. The van der Waals surface area contributed by atoms with Crippen molar-refractivity contribution in [2.45, 2.75) is 50.9 Å². The van der Waals surface area contributed by atoms with Gasteiger partial charge in [-0.15, -0.1) is 12.4 Å². The van der Waals surface area contributed by atoms with E-state index in [1.807, 2.05) is 0 Å². The van der Waals surface area contributed by atoms with Gasteiger partial charge in [0.05, 0.1) is 12.7 Å². The average Bonchev–Trinajstić information content (AvgIpc) is 2.60. The van der Waals surface area contributed by atoms with Gasteiger partial charge in [-0.2, -0.15) is 13.2 Å². The number of rotatable bonds is 4. The smallest absolute Gasteiger partial charge is 0.375 e. The topological polar surface area (TPSA) is 76.1 Å². The second-order valence-electron chi connectivity index (χ2n) is 6.83. The lowest BCUT2D eigenvalue weighted by Crippen LogP contribution is -2.53. The molecule has 1 amide bonds. The molecule has 1 aromatic heterocycles. The number of ether oxygens (including phenoxy) is 1. The molecule has 1 aliphatic carbocycles. The number of fused-ring (bicyclic) bond motifs is 1. The number of morpholine rings is 1. The first kappa shape index (κ1) is 21.8. The first-order valence-electron chi connectivity index (χ1n) is 8.87. The lowest BCUT2D eigenvalue weighted by molar-refractivity contribution is -0.141. The highest BCUT2D eigenvalue weighted by atomic mass is 35.5. The Balaban J connectivity index is 0.00000261. The molecule has 1 aromatic rings. The summed E-state index contributed by atoms with van der Waals surface area (Å²) in [5.41, 5.74) is -0.691. The summed E-state index contributed by atoms with van der Waals surface area (Å²) in [6.45, 7) is 3.21. The van der Waals surface area contributed by atoms with Gasteiger partial charge in [-0.1, -0.05) is 0 Å². The van der Waals surface area contributed by atoms with Crippen molar-refractivity contribution in [3.05, 3.63) is 23.3 Å². The van der Waals surface area contributed by atoms with Crippen molar-refractivity contribution in [1.29, 1.82) is 0 Å². The first-order chi connectivity index (χ1) is 12.3. The Morgan fingerprint density at radius 1 is 1.37 bits per heavy atom. The number of aromatic nitrogens is 2. The summed E-state index contributed by atoms with van der Waals surface area (Å²) in [5.74, 6) is -0.0854. The Morgan fingerprint density at radius 2 is 2.15 bits per heavy atom. The maximum absolute atomic E-state index is 12.8. The molecule has 27 heavy (non-hydrogen) atoms. The van der Waals surface area contributed by atoms with E-state index < -0.39 is 11.9 Å². The maximum Gasteiger partial charge on any atom is 0.433 e. The van der Waals surface area contributed by atoms with Crippen molar-refractivity contribution in [1.82, 2.24) is 20.6 Å². The van der Waals surface area contributed by atoms with E-state index in [0.717, 1.165) is 31.9 Å². The van der Waals surface area contributed by atoms with E-state index in [2.05, 4.69) is 20.6 Å². The summed E-state index contributed by atoms with van der Waals surface area (Å²) in [6, 6.07) is 1.11. The van der Waals surface area contributed by atoms with Gasteiger partial charge in [0.15, 0.2) is 0 Å². The molecule has 2 N–H and O–H groups in total. The molecule has 0 unspecified atom stereocenters. The number of hydrogen-bond acceptors (Lipinski definition) is 5. The molecule has 1 aliphatic heterocycles. The summed E-state index contributed by atoms with van der Waals surface area (Å²) < 4.78 is 44.1. The highest BCUT2D eigenvalue weighted by Gasteiger charge is 2.36. The van der Waals surface area contributed by atoms with Crippen molar-refractivity contribution in [3.8, 4) is 0 Å². The van der Waals surface area contributed by atoms with Crippen LogP contribution in [0.3, 0.4) is 0 Å². The molecule has 3 rings (SSSR count). The predicted molar refractivity (Wildman–Crippen MR) is 94.6 cm³/mol. The second kappa shape index (κ2) is 9.16. The van der Waals surface area contributed by atoms with Crippen LogP contribution in [0.15, 0.2) is 6.07 Å². The first-order valence-corrected chi connectivity index (χ1v) is 8.87. The normalized spacial score (nSPS) is 25.3. The van der Waals surface area contributed by atoms with Gasteiger partial charge in [0, 0.05) is 37.2 Å². The molecule has 1 saturated heterocycles. The zero-order chi connectivity index (χ0) is 18.7. The van der Waals surface area contributed by atoms with Crippen molar-refractivity contribution in [2.75, 3.05) is 19.7 Å². The zero-order valence-corrected chi connectivity index (χ0v) is 15.8. The molecule has 0 spiro atoms. The van der Waals surface area contributed by atoms with E-state index in [1.165, 1.54) is 6.92 Å². The van der Waals surface area contributed by atoms with Crippen LogP contribution >= 0.6 is 12.4 Å². The van der Waals surface area contributed by atoms with E-state index in [0.29, 0.717) is 6.61 Å². The molecule has 152 valence electrons. The molecule has 0 radical (unpaired) electrons. The van der Waals surface area contributed by atoms with Crippen LogP contribution in [0.25, 0.3) is 0 Å². The van der Waals surface area contributed by atoms with E-state index in [-0.39, 0.29) is 60.9 Å². The molecule has 0 bridgehead atoms. The van der Waals surface area contributed by atoms with Gasteiger partial charge < -0.3 is 15.4 Å². The molecule has 10 heteroatoms. The van der Waals surface area contributed by atoms with Crippen LogP contribution in [0.4, 0.5) is 13.2 Å². The van der Waals surface area contributed by atoms with Crippen molar-refractivity contribution in [3.63, 3.8) is 0 Å². The number of nitrogens with zero attached hydrogens (tertiary/aromatic N) is 2. The van der Waals surface area contributed by atoms with Crippen LogP contribution in [0.1, 0.15) is 36.5 Å². The van der Waals surface area contributed by atoms with Gasteiger partial charge in [-0.25, -0.2) is 9.97 Å².